The molecule has 116 valence electrons. The van der Waals surface area contributed by atoms with Gasteiger partial charge in [0.25, 0.3) is 0 Å². The molecule has 0 aromatic carbocycles. The number of rotatable bonds is 5. The zero-order chi connectivity index (χ0) is 15.6. The van der Waals surface area contributed by atoms with Gasteiger partial charge in [0.15, 0.2) is 0 Å². The zero-order valence-corrected chi connectivity index (χ0v) is 14.1. The molecule has 21 heavy (non-hydrogen) atoms. The molecule has 5 heteroatoms. The van der Waals surface area contributed by atoms with Crippen molar-refractivity contribution in [2.75, 3.05) is 6.54 Å². The average molecular weight is 308 g/mol. The number of aromatic nitrogens is 1. The Bertz CT molecular complexity index is 570. The Morgan fingerprint density at radius 2 is 2.14 bits per heavy atom. The Labute approximate surface area is 130 Å². The van der Waals surface area contributed by atoms with Gasteiger partial charge in [-0.25, -0.2) is 4.98 Å². The first kappa shape index (κ1) is 16.2. The monoisotopic (exact) mass is 308 g/mol. The largest absolute Gasteiger partial charge is 0.467 e. The highest BCUT2D eigenvalue weighted by atomic mass is 32.1. The maximum Gasteiger partial charge on any atom is 0.133 e. The molecular weight excluding hydrogens is 284 g/mol. The van der Waals surface area contributed by atoms with Crippen molar-refractivity contribution in [1.29, 1.82) is 0 Å². The van der Waals surface area contributed by atoms with Gasteiger partial charge in [-0.1, -0.05) is 20.8 Å². The van der Waals surface area contributed by atoms with E-state index in [2.05, 4.69) is 38.0 Å². The number of thiazole rings is 1. The summed E-state index contributed by atoms with van der Waals surface area (Å²) in [5.74, 6) is 0.589. The molecule has 0 saturated heterocycles. The van der Waals surface area contributed by atoms with Gasteiger partial charge in [0.2, 0.25) is 0 Å². The highest BCUT2D eigenvalue weighted by molar-refractivity contribution is 7.12. The summed E-state index contributed by atoms with van der Waals surface area (Å²) in [6.07, 6.45) is 0.947. The van der Waals surface area contributed by atoms with E-state index >= 15 is 0 Å². The molecule has 0 fully saturated rings. The number of hydrogen-bond donors (Lipinski definition) is 2. The highest BCUT2D eigenvalue weighted by Gasteiger charge is 2.22. The van der Waals surface area contributed by atoms with Crippen LogP contribution in [-0.2, 0) is 5.41 Å². The normalized spacial score (nSPS) is 15.1. The van der Waals surface area contributed by atoms with E-state index in [0.717, 1.165) is 10.7 Å². The quantitative estimate of drug-likeness (QED) is 0.883. The Balaban J connectivity index is 2.00. The molecule has 0 spiro atoms. The van der Waals surface area contributed by atoms with Gasteiger partial charge >= 0.3 is 0 Å². The lowest BCUT2D eigenvalue weighted by Crippen LogP contribution is -2.24. The molecule has 0 aliphatic carbocycles. The van der Waals surface area contributed by atoms with Gasteiger partial charge in [-0.15, -0.1) is 11.3 Å². The van der Waals surface area contributed by atoms with E-state index in [0.29, 0.717) is 12.3 Å². The molecule has 2 N–H and O–H groups in total. The lowest BCUT2D eigenvalue weighted by molar-refractivity contribution is 0.144. The van der Waals surface area contributed by atoms with Crippen LogP contribution in [0, 0.1) is 6.92 Å². The standard InChI is InChI=1S/C16H24N2O2S/c1-10(17-9-12(19)13-7-6-8-20-13)14-11(2)18-15(21-14)16(3,4)5/h6-8,10,12,17,19H,9H2,1-5H3. The van der Waals surface area contributed by atoms with Gasteiger partial charge in [0.05, 0.1) is 17.0 Å². The maximum atomic E-state index is 10.0. The predicted octanol–water partition coefficient (Wildman–Crippen LogP) is 3.73. The molecule has 2 rings (SSSR count). The van der Waals surface area contributed by atoms with Crippen LogP contribution in [0.5, 0.6) is 0 Å². The molecule has 2 heterocycles. The van der Waals surface area contributed by atoms with Crippen LogP contribution in [0.15, 0.2) is 22.8 Å². The number of aliphatic hydroxyl groups excluding tert-OH is 1. The number of nitrogens with zero attached hydrogens (tertiary/aromatic N) is 1. The molecule has 2 atom stereocenters. The van der Waals surface area contributed by atoms with Crippen molar-refractivity contribution in [2.45, 2.75) is 52.2 Å². The van der Waals surface area contributed by atoms with Gasteiger partial charge in [0.1, 0.15) is 11.9 Å². The van der Waals surface area contributed by atoms with Crippen molar-refractivity contribution in [3.05, 3.63) is 39.7 Å². The lowest BCUT2D eigenvalue weighted by atomic mass is 9.98. The van der Waals surface area contributed by atoms with E-state index in [1.54, 1.807) is 29.7 Å². The SMILES string of the molecule is Cc1nc(C(C)(C)C)sc1C(C)NCC(O)c1ccco1. The van der Waals surface area contributed by atoms with Crippen molar-refractivity contribution in [3.63, 3.8) is 0 Å². The van der Waals surface area contributed by atoms with Gasteiger partial charge in [-0.05, 0) is 26.0 Å². The minimum absolute atomic E-state index is 0.0705. The van der Waals surface area contributed by atoms with E-state index < -0.39 is 6.10 Å². The zero-order valence-electron chi connectivity index (χ0n) is 13.3. The topological polar surface area (TPSA) is 58.3 Å². The number of furan rings is 1. The Morgan fingerprint density at radius 1 is 1.43 bits per heavy atom. The Morgan fingerprint density at radius 3 is 2.67 bits per heavy atom. The smallest absolute Gasteiger partial charge is 0.133 e. The van der Waals surface area contributed by atoms with Crippen LogP contribution in [0.4, 0.5) is 0 Å². The van der Waals surface area contributed by atoms with Crippen LogP contribution < -0.4 is 5.32 Å². The molecule has 4 nitrogen and oxygen atoms in total. The van der Waals surface area contributed by atoms with E-state index in [9.17, 15) is 5.11 Å². The van der Waals surface area contributed by atoms with Crippen LogP contribution in [-0.4, -0.2) is 16.6 Å². The summed E-state index contributed by atoms with van der Waals surface area (Å²) in [5.41, 5.74) is 1.14. The number of aryl methyl sites for hydroxylation is 1. The molecule has 0 aliphatic rings. The van der Waals surface area contributed by atoms with E-state index in [4.69, 9.17) is 4.42 Å². The second-order valence-electron chi connectivity index (χ2n) is 6.38. The number of nitrogens with one attached hydrogen (secondary N) is 1. The lowest BCUT2D eigenvalue weighted by Gasteiger charge is -2.16. The second-order valence-corrected chi connectivity index (χ2v) is 7.41. The van der Waals surface area contributed by atoms with Gasteiger partial charge in [-0.3, -0.25) is 0 Å². The number of aliphatic hydroxyl groups is 1. The van der Waals surface area contributed by atoms with Gasteiger partial charge in [0, 0.05) is 22.9 Å². The second kappa shape index (κ2) is 6.30. The number of hydrogen-bond acceptors (Lipinski definition) is 5. The first-order valence-corrected chi connectivity index (χ1v) is 8.03. The molecule has 0 aliphatic heterocycles. The molecule has 0 amide bonds. The third-order valence-electron chi connectivity index (χ3n) is 3.36. The third kappa shape index (κ3) is 3.93. The maximum absolute atomic E-state index is 10.0. The summed E-state index contributed by atoms with van der Waals surface area (Å²) in [5, 5.41) is 14.5. The van der Waals surface area contributed by atoms with Crippen LogP contribution in [0.2, 0.25) is 0 Å². The molecule has 2 unspecified atom stereocenters. The van der Waals surface area contributed by atoms with Crippen molar-refractivity contribution in [3.8, 4) is 0 Å². The van der Waals surface area contributed by atoms with E-state index in [-0.39, 0.29) is 11.5 Å². The Kier molecular flexibility index (Phi) is 4.86. The molecular formula is C16H24N2O2S. The summed E-state index contributed by atoms with van der Waals surface area (Å²) in [7, 11) is 0. The molecule has 0 bridgehead atoms. The summed E-state index contributed by atoms with van der Waals surface area (Å²) < 4.78 is 5.21. The van der Waals surface area contributed by atoms with Crippen molar-refractivity contribution in [2.24, 2.45) is 0 Å². The Hall–Kier alpha value is -1.17. The fourth-order valence-electron chi connectivity index (χ4n) is 2.09. The van der Waals surface area contributed by atoms with Crippen LogP contribution >= 0.6 is 11.3 Å². The van der Waals surface area contributed by atoms with Gasteiger partial charge < -0.3 is 14.8 Å². The van der Waals surface area contributed by atoms with Crippen molar-refractivity contribution < 1.29 is 9.52 Å². The van der Waals surface area contributed by atoms with Crippen LogP contribution in [0.25, 0.3) is 0 Å². The minimum atomic E-state index is -0.627. The molecule has 2 aromatic rings. The summed E-state index contributed by atoms with van der Waals surface area (Å²) >= 11 is 1.75. The van der Waals surface area contributed by atoms with Crippen molar-refractivity contribution in [1.82, 2.24) is 10.3 Å². The fourth-order valence-corrected chi connectivity index (χ4v) is 3.24. The van der Waals surface area contributed by atoms with E-state index in [1.807, 2.05) is 6.92 Å². The van der Waals surface area contributed by atoms with Gasteiger partial charge in [-0.2, -0.15) is 0 Å². The minimum Gasteiger partial charge on any atom is -0.467 e. The summed E-state index contributed by atoms with van der Waals surface area (Å²) in [4.78, 5) is 5.91. The molecule has 2 aromatic heterocycles. The van der Waals surface area contributed by atoms with E-state index in [1.165, 1.54) is 4.88 Å². The van der Waals surface area contributed by atoms with Crippen LogP contribution in [0.3, 0.4) is 0 Å². The van der Waals surface area contributed by atoms with Crippen molar-refractivity contribution >= 4 is 11.3 Å². The third-order valence-corrected chi connectivity index (χ3v) is 5.12. The summed E-state index contributed by atoms with van der Waals surface area (Å²) in [6, 6.07) is 3.72. The average Bonchev–Trinajstić information content (AvgIpc) is 3.03. The van der Waals surface area contributed by atoms with Crippen LogP contribution in [0.1, 0.15) is 61.2 Å². The predicted molar refractivity (Wildman–Crippen MR) is 85.6 cm³/mol. The fraction of sp³-hybridized carbons (Fsp3) is 0.562. The first-order chi connectivity index (χ1) is 9.79. The molecule has 0 radical (unpaired) electrons. The molecule has 0 saturated carbocycles. The highest BCUT2D eigenvalue weighted by Crippen LogP contribution is 2.32. The first-order valence-electron chi connectivity index (χ1n) is 7.21. The summed E-state index contributed by atoms with van der Waals surface area (Å²) in [6.45, 7) is 11.1.